The van der Waals surface area contributed by atoms with Crippen molar-refractivity contribution in [3.05, 3.63) is 59.9 Å². The number of esters is 1. The normalized spacial score (nSPS) is 14.9. The maximum absolute atomic E-state index is 14.3. The van der Waals surface area contributed by atoms with Crippen molar-refractivity contribution < 1.29 is 18.0 Å². The van der Waals surface area contributed by atoms with E-state index < -0.39 is 24.6 Å². The second-order valence-corrected chi connectivity index (χ2v) is 4.06. The number of carbonyl (C=O) groups excluding carboxylic acids is 1. The van der Waals surface area contributed by atoms with Crippen LogP contribution < -0.4 is 0 Å². The van der Waals surface area contributed by atoms with Gasteiger partial charge in [-0.3, -0.25) is 4.79 Å². The van der Waals surface area contributed by atoms with Crippen LogP contribution >= 0.6 is 0 Å². The van der Waals surface area contributed by atoms with E-state index in [1.807, 2.05) is 6.07 Å². The van der Waals surface area contributed by atoms with Gasteiger partial charge in [0.1, 0.15) is 5.82 Å². The summed E-state index contributed by atoms with van der Waals surface area (Å²) in [6.07, 6.45) is 0. The van der Waals surface area contributed by atoms with E-state index in [1.54, 1.807) is 24.3 Å². The van der Waals surface area contributed by atoms with Gasteiger partial charge in [0.2, 0.25) is 0 Å². The molecular formula is C16H15FO2. The largest absolute Gasteiger partial charge is 0.469 e. The highest BCUT2D eigenvalue weighted by atomic mass is 19.1. The second kappa shape index (κ2) is 5.65. The van der Waals surface area contributed by atoms with Crippen molar-refractivity contribution in [1.82, 2.24) is 0 Å². The van der Waals surface area contributed by atoms with Crippen molar-refractivity contribution in [2.24, 2.45) is 0 Å². The second-order valence-electron chi connectivity index (χ2n) is 4.06. The summed E-state index contributed by atoms with van der Waals surface area (Å²) in [6, 6.07) is 12.9. The Morgan fingerprint density at radius 1 is 1.26 bits per heavy atom. The fourth-order valence-corrected chi connectivity index (χ4v) is 1.82. The van der Waals surface area contributed by atoms with Gasteiger partial charge < -0.3 is 4.74 Å². The molecule has 1 atom stereocenters. The Morgan fingerprint density at radius 3 is 2.58 bits per heavy atom. The molecule has 0 aliphatic heterocycles. The molecule has 0 heterocycles. The molecule has 0 bridgehead atoms. The molecule has 2 nitrogen and oxygen atoms in total. The zero-order chi connectivity index (χ0) is 16.3. The molecule has 0 aliphatic rings. The summed E-state index contributed by atoms with van der Waals surface area (Å²) in [5, 5.41) is 0. The predicted molar refractivity (Wildman–Crippen MR) is 72.3 cm³/mol. The van der Waals surface area contributed by atoms with Gasteiger partial charge in [0.15, 0.2) is 0 Å². The van der Waals surface area contributed by atoms with Crippen LogP contribution in [0.2, 0.25) is 0 Å². The Hall–Kier alpha value is -2.16. The number of methoxy groups -OCH3 is 1. The summed E-state index contributed by atoms with van der Waals surface area (Å²) in [6.45, 7) is -2.60. The highest BCUT2D eigenvalue weighted by Crippen LogP contribution is 2.26. The summed E-state index contributed by atoms with van der Waals surface area (Å²) in [4.78, 5) is 11.7. The molecule has 1 unspecified atom stereocenters. The standard InChI is InChI=1S/C16H15FO2/c1-11(16(18)19-2)13-8-9-14(15(17)10-13)12-6-4-3-5-7-12/h3-11H,1-2H3/i1D3. The average Bonchev–Trinajstić information content (AvgIpc) is 2.47. The zero-order valence-corrected chi connectivity index (χ0v) is 10.4. The van der Waals surface area contributed by atoms with E-state index in [1.165, 1.54) is 12.1 Å². The van der Waals surface area contributed by atoms with Crippen molar-refractivity contribution in [2.75, 3.05) is 7.11 Å². The fourth-order valence-electron chi connectivity index (χ4n) is 1.82. The lowest BCUT2D eigenvalue weighted by Gasteiger charge is -2.11. The monoisotopic (exact) mass is 261 g/mol. The zero-order valence-electron chi connectivity index (χ0n) is 13.4. The van der Waals surface area contributed by atoms with Crippen molar-refractivity contribution in [2.45, 2.75) is 12.8 Å². The van der Waals surface area contributed by atoms with E-state index >= 15 is 0 Å². The summed E-state index contributed by atoms with van der Waals surface area (Å²) in [7, 11) is 1.11. The van der Waals surface area contributed by atoms with Crippen LogP contribution in [0.3, 0.4) is 0 Å². The molecule has 19 heavy (non-hydrogen) atoms. The molecule has 0 fully saturated rings. The van der Waals surface area contributed by atoms with Crippen LogP contribution in [0.4, 0.5) is 4.39 Å². The molecule has 2 aromatic carbocycles. The van der Waals surface area contributed by atoms with E-state index in [4.69, 9.17) is 4.11 Å². The molecular weight excluding hydrogens is 243 g/mol. The lowest BCUT2D eigenvalue weighted by Crippen LogP contribution is -2.11. The van der Waals surface area contributed by atoms with Gasteiger partial charge in [-0.25, -0.2) is 4.39 Å². The van der Waals surface area contributed by atoms with E-state index in [0.717, 1.165) is 13.2 Å². The molecule has 0 N–H and O–H groups in total. The van der Waals surface area contributed by atoms with Gasteiger partial charge in [-0.05, 0) is 24.0 Å². The van der Waals surface area contributed by atoms with Crippen LogP contribution in [-0.4, -0.2) is 13.1 Å². The van der Waals surface area contributed by atoms with Gasteiger partial charge in [-0.1, -0.05) is 42.5 Å². The van der Waals surface area contributed by atoms with E-state index in [2.05, 4.69) is 4.74 Å². The molecule has 0 spiro atoms. The summed E-state index contributed by atoms with van der Waals surface area (Å²) >= 11 is 0. The third-order valence-corrected chi connectivity index (χ3v) is 2.85. The van der Waals surface area contributed by atoms with Crippen LogP contribution in [0, 0.1) is 5.82 Å². The third-order valence-electron chi connectivity index (χ3n) is 2.85. The fraction of sp³-hybridized carbons (Fsp3) is 0.188. The SMILES string of the molecule is [2H]C([2H])([2H])C(C(=O)OC)c1ccc(-c2ccccc2)c(F)c1. The van der Waals surface area contributed by atoms with Gasteiger partial charge in [0.05, 0.1) is 13.0 Å². The lowest BCUT2D eigenvalue weighted by molar-refractivity contribution is -0.141. The first-order valence-corrected chi connectivity index (χ1v) is 5.77. The van der Waals surface area contributed by atoms with Gasteiger partial charge in [0.25, 0.3) is 0 Å². The smallest absolute Gasteiger partial charge is 0.312 e. The van der Waals surface area contributed by atoms with Gasteiger partial charge in [-0.15, -0.1) is 0 Å². The number of halogens is 1. The van der Waals surface area contributed by atoms with E-state index in [0.29, 0.717) is 11.1 Å². The molecule has 0 aromatic heterocycles. The van der Waals surface area contributed by atoms with Crippen LogP contribution in [0.5, 0.6) is 0 Å². The highest BCUT2D eigenvalue weighted by Gasteiger charge is 2.17. The summed E-state index contributed by atoms with van der Waals surface area (Å²) in [5.41, 5.74) is 1.09. The molecule has 0 saturated carbocycles. The van der Waals surface area contributed by atoms with Crippen LogP contribution in [0.25, 0.3) is 11.1 Å². The van der Waals surface area contributed by atoms with E-state index in [9.17, 15) is 9.18 Å². The molecule has 3 heteroatoms. The van der Waals surface area contributed by atoms with Crippen molar-refractivity contribution in [3.8, 4) is 11.1 Å². The Labute approximate surface area is 116 Å². The first kappa shape index (κ1) is 9.73. The molecule has 0 saturated heterocycles. The number of rotatable bonds is 3. The molecule has 0 radical (unpaired) electrons. The van der Waals surface area contributed by atoms with Gasteiger partial charge in [0, 0.05) is 9.68 Å². The summed E-state index contributed by atoms with van der Waals surface area (Å²) < 4.78 is 41.2. The van der Waals surface area contributed by atoms with Crippen LogP contribution in [0.1, 0.15) is 22.4 Å². The van der Waals surface area contributed by atoms with Crippen molar-refractivity contribution in [1.29, 1.82) is 0 Å². The quantitative estimate of drug-likeness (QED) is 0.786. The number of hydrogen-bond donors (Lipinski definition) is 0. The molecule has 0 aliphatic carbocycles. The Bertz CT molecular complexity index is 669. The lowest BCUT2D eigenvalue weighted by atomic mass is 9.97. The number of hydrogen-bond acceptors (Lipinski definition) is 2. The molecule has 2 aromatic rings. The maximum Gasteiger partial charge on any atom is 0.312 e. The molecule has 0 amide bonds. The maximum atomic E-state index is 14.3. The number of ether oxygens (including phenoxy) is 1. The minimum Gasteiger partial charge on any atom is -0.469 e. The first-order chi connectivity index (χ1) is 10.3. The topological polar surface area (TPSA) is 26.3 Å². The molecule has 98 valence electrons. The summed E-state index contributed by atoms with van der Waals surface area (Å²) in [5.74, 6) is -2.99. The highest BCUT2D eigenvalue weighted by molar-refractivity contribution is 5.78. The first-order valence-electron chi connectivity index (χ1n) is 7.27. The Morgan fingerprint density at radius 2 is 2.00 bits per heavy atom. The minimum atomic E-state index is -2.60. The number of carbonyl (C=O) groups is 1. The minimum absolute atomic E-state index is 0.0732. The van der Waals surface area contributed by atoms with Crippen molar-refractivity contribution in [3.63, 3.8) is 0 Å². The predicted octanol–water partition coefficient (Wildman–Crippen LogP) is 3.77. The third kappa shape index (κ3) is 2.81. The van der Waals surface area contributed by atoms with Crippen molar-refractivity contribution >= 4 is 5.97 Å². The van der Waals surface area contributed by atoms with Crippen LogP contribution in [0.15, 0.2) is 48.5 Å². The van der Waals surface area contributed by atoms with Gasteiger partial charge in [-0.2, -0.15) is 0 Å². The average molecular weight is 261 g/mol. The van der Waals surface area contributed by atoms with Crippen LogP contribution in [-0.2, 0) is 9.53 Å². The van der Waals surface area contributed by atoms with E-state index in [-0.39, 0.29) is 5.56 Å². The Kier molecular flexibility index (Phi) is 2.89. The van der Waals surface area contributed by atoms with Gasteiger partial charge >= 0.3 is 5.97 Å². The molecule has 2 rings (SSSR count). The number of benzene rings is 2. The Balaban J connectivity index is 2.46.